The molecule has 0 unspecified atom stereocenters. The lowest BCUT2D eigenvalue weighted by molar-refractivity contribution is 0.0474. The number of Topliss-reactive ketones (excluding diaryl/α,β-unsaturated/α-hetero) is 1. The van der Waals surface area contributed by atoms with Crippen LogP contribution < -0.4 is 4.31 Å². The van der Waals surface area contributed by atoms with Crippen LogP contribution in [0.3, 0.4) is 0 Å². The quantitative estimate of drug-likeness (QED) is 0.403. The number of benzene rings is 2. The predicted octanol–water partition coefficient (Wildman–Crippen LogP) is 2.93. The maximum atomic E-state index is 12.6. The van der Waals surface area contributed by atoms with Gasteiger partial charge in [-0.3, -0.25) is 9.10 Å². The molecular weight excluding hydrogens is 430 g/mol. The van der Waals surface area contributed by atoms with Gasteiger partial charge in [0.25, 0.3) is 0 Å². The van der Waals surface area contributed by atoms with Gasteiger partial charge in [-0.15, -0.1) is 0 Å². The van der Waals surface area contributed by atoms with Crippen LogP contribution in [0.2, 0.25) is 0 Å². The van der Waals surface area contributed by atoms with E-state index in [0.717, 1.165) is 11.3 Å². The van der Waals surface area contributed by atoms with Gasteiger partial charge in [0, 0.05) is 12.1 Å². The average Bonchev–Trinajstić information content (AvgIpc) is 3.41. The fourth-order valence-electron chi connectivity index (χ4n) is 3.72. The summed E-state index contributed by atoms with van der Waals surface area (Å²) in [4.78, 5) is 25.1. The highest BCUT2D eigenvalue weighted by molar-refractivity contribution is 7.92. The van der Waals surface area contributed by atoms with Gasteiger partial charge in [-0.05, 0) is 56.2 Å². The van der Waals surface area contributed by atoms with Crippen LogP contribution in [0.5, 0.6) is 0 Å². The van der Waals surface area contributed by atoms with Crippen molar-refractivity contribution in [1.29, 1.82) is 0 Å². The van der Waals surface area contributed by atoms with E-state index in [-0.39, 0.29) is 17.1 Å². The molecule has 32 heavy (non-hydrogen) atoms. The SMILES string of the molecule is CCS(=O)(=O)N1CCc2cc(C(=O)COC(=O)c3cnn(-c4ccccc4)c3C)ccc21. The number of fused-ring (bicyclic) bond motifs is 1. The number of ether oxygens (including phenoxy) is 1. The Hall–Kier alpha value is -3.46. The number of anilines is 1. The topological polar surface area (TPSA) is 98.6 Å². The Bertz CT molecular complexity index is 1280. The summed E-state index contributed by atoms with van der Waals surface area (Å²) in [5.41, 5.74) is 3.49. The largest absolute Gasteiger partial charge is 0.454 e. The fraction of sp³-hybridized carbons (Fsp3) is 0.261. The van der Waals surface area contributed by atoms with Crippen molar-refractivity contribution >= 4 is 27.5 Å². The molecule has 3 aromatic rings. The lowest BCUT2D eigenvalue weighted by atomic mass is 10.1. The molecule has 0 bridgehead atoms. The van der Waals surface area contributed by atoms with Crippen LogP contribution >= 0.6 is 0 Å². The molecular formula is C23H23N3O5S. The van der Waals surface area contributed by atoms with Gasteiger partial charge in [-0.25, -0.2) is 17.9 Å². The summed E-state index contributed by atoms with van der Waals surface area (Å²) in [6.45, 7) is 3.31. The average molecular weight is 454 g/mol. The van der Waals surface area contributed by atoms with E-state index < -0.39 is 22.6 Å². The molecule has 1 aliphatic rings. The Balaban J connectivity index is 1.44. The Morgan fingerprint density at radius 1 is 1.12 bits per heavy atom. The Labute approximate surface area is 186 Å². The molecule has 2 aromatic carbocycles. The number of para-hydroxylation sites is 1. The van der Waals surface area contributed by atoms with Crippen LogP contribution in [0.4, 0.5) is 5.69 Å². The molecule has 0 amide bonds. The third-order valence-electron chi connectivity index (χ3n) is 5.52. The highest BCUT2D eigenvalue weighted by Crippen LogP contribution is 2.31. The first-order valence-electron chi connectivity index (χ1n) is 10.3. The van der Waals surface area contributed by atoms with Crippen molar-refractivity contribution in [1.82, 2.24) is 9.78 Å². The van der Waals surface area contributed by atoms with E-state index in [1.807, 2.05) is 30.3 Å². The number of sulfonamides is 1. The third-order valence-corrected chi connectivity index (χ3v) is 7.30. The van der Waals surface area contributed by atoms with Gasteiger partial charge in [0.1, 0.15) is 5.56 Å². The third kappa shape index (κ3) is 4.03. The Morgan fingerprint density at radius 3 is 2.59 bits per heavy atom. The minimum absolute atomic E-state index is 0.0172. The second-order valence-electron chi connectivity index (χ2n) is 7.46. The molecule has 0 atom stereocenters. The first-order chi connectivity index (χ1) is 15.3. The number of carbonyl (C=O) groups excluding carboxylic acids is 2. The first-order valence-corrected chi connectivity index (χ1v) is 11.9. The molecule has 0 saturated carbocycles. The Kier molecular flexibility index (Phi) is 5.84. The van der Waals surface area contributed by atoms with Crippen LogP contribution in [0.15, 0.2) is 54.7 Å². The maximum absolute atomic E-state index is 12.6. The number of nitrogens with zero attached hydrogens (tertiary/aromatic N) is 3. The van der Waals surface area contributed by atoms with Crippen LogP contribution in [-0.4, -0.2) is 48.9 Å². The standard InChI is InChI=1S/C23H23N3O5S/c1-3-32(29,30)25-12-11-17-13-18(9-10-21(17)25)22(27)15-31-23(28)20-14-24-26(16(20)2)19-7-5-4-6-8-19/h4-10,13-14H,3,11-12,15H2,1-2H3. The molecule has 0 aliphatic carbocycles. The molecule has 0 radical (unpaired) electrons. The molecule has 1 aliphatic heterocycles. The van der Waals surface area contributed by atoms with Crippen molar-refractivity contribution in [2.75, 3.05) is 23.2 Å². The van der Waals surface area contributed by atoms with Crippen LogP contribution in [0.1, 0.15) is 38.9 Å². The summed E-state index contributed by atoms with van der Waals surface area (Å²) < 4.78 is 32.7. The Morgan fingerprint density at radius 2 is 1.88 bits per heavy atom. The minimum atomic E-state index is -3.35. The summed E-state index contributed by atoms with van der Waals surface area (Å²) in [6, 6.07) is 14.3. The minimum Gasteiger partial charge on any atom is -0.454 e. The van der Waals surface area contributed by atoms with Crippen molar-refractivity contribution in [3.8, 4) is 5.69 Å². The molecule has 8 nitrogen and oxygen atoms in total. The van der Waals surface area contributed by atoms with Gasteiger partial charge in [0.05, 0.1) is 29.0 Å². The van der Waals surface area contributed by atoms with Gasteiger partial charge in [0.2, 0.25) is 10.0 Å². The van der Waals surface area contributed by atoms with Gasteiger partial charge >= 0.3 is 5.97 Å². The van der Waals surface area contributed by atoms with E-state index in [1.54, 1.807) is 36.7 Å². The number of hydrogen-bond donors (Lipinski definition) is 0. The van der Waals surface area contributed by atoms with E-state index in [2.05, 4.69) is 5.10 Å². The number of ketones is 1. The first kappa shape index (κ1) is 21.8. The van der Waals surface area contributed by atoms with Crippen molar-refractivity contribution in [2.45, 2.75) is 20.3 Å². The van der Waals surface area contributed by atoms with E-state index in [4.69, 9.17) is 4.74 Å². The van der Waals surface area contributed by atoms with Crippen molar-refractivity contribution in [3.05, 3.63) is 77.1 Å². The van der Waals surface area contributed by atoms with Gasteiger partial charge < -0.3 is 4.74 Å². The highest BCUT2D eigenvalue weighted by atomic mass is 32.2. The summed E-state index contributed by atoms with van der Waals surface area (Å²) in [5, 5.41) is 4.24. The summed E-state index contributed by atoms with van der Waals surface area (Å²) in [6.07, 6.45) is 1.96. The number of esters is 1. The number of carbonyl (C=O) groups is 2. The lowest BCUT2D eigenvalue weighted by Gasteiger charge is -2.18. The van der Waals surface area contributed by atoms with Crippen molar-refractivity contribution in [2.24, 2.45) is 0 Å². The van der Waals surface area contributed by atoms with E-state index >= 15 is 0 Å². The smallest absolute Gasteiger partial charge is 0.342 e. The van der Waals surface area contributed by atoms with Crippen molar-refractivity contribution < 1.29 is 22.7 Å². The van der Waals surface area contributed by atoms with E-state index in [9.17, 15) is 18.0 Å². The second-order valence-corrected chi connectivity index (χ2v) is 9.64. The molecule has 9 heteroatoms. The number of aromatic nitrogens is 2. The molecule has 0 saturated heterocycles. The molecule has 0 N–H and O–H groups in total. The fourth-order valence-corrected chi connectivity index (χ4v) is 4.88. The lowest BCUT2D eigenvalue weighted by Crippen LogP contribution is -2.30. The molecule has 0 fully saturated rings. The van der Waals surface area contributed by atoms with Gasteiger partial charge in [-0.2, -0.15) is 5.10 Å². The van der Waals surface area contributed by atoms with E-state index in [1.165, 1.54) is 10.5 Å². The van der Waals surface area contributed by atoms with Gasteiger partial charge in [-0.1, -0.05) is 18.2 Å². The molecule has 0 spiro atoms. The zero-order valence-electron chi connectivity index (χ0n) is 17.8. The van der Waals surface area contributed by atoms with E-state index in [0.29, 0.717) is 29.9 Å². The number of rotatable bonds is 7. The molecule has 166 valence electrons. The summed E-state index contributed by atoms with van der Waals surface area (Å²) >= 11 is 0. The normalized spacial score (nSPS) is 13.1. The number of hydrogen-bond acceptors (Lipinski definition) is 6. The van der Waals surface area contributed by atoms with Crippen LogP contribution in [0, 0.1) is 6.92 Å². The predicted molar refractivity (Wildman–Crippen MR) is 120 cm³/mol. The maximum Gasteiger partial charge on any atom is 0.342 e. The summed E-state index contributed by atoms with van der Waals surface area (Å²) in [7, 11) is -3.35. The molecule has 1 aromatic heterocycles. The zero-order valence-corrected chi connectivity index (χ0v) is 18.6. The zero-order chi connectivity index (χ0) is 22.9. The summed E-state index contributed by atoms with van der Waals surface area (Å²) in [5.74, 6) is -0.964. The highest BCUT2D eigenvalue weighted by Gasteiger charge is 2.28. The van der Waals surface area contributed by atoms with Crippen molar-refractivity contribution in [3.63, 3.8) is 0 Å². The van der Waals surface area contributed by atoms with Gasteiger partial charge in [0.15, 0.2) is 12.4 Å². The monoisotopic (exact) mass is 453 g/mol. The van der Waals surface area contributed by atoms with Crippen LogP contribution in [-0.2, 0) is 21.2 Å². The molecule has 4 rings (SSSR count). The second kappa shape index (κ2) is 8.58. The van der Waals surface area contributed by atoms with Crippen LogP contribution in [0.25, 0.3) is 5.69 Å². The molecule has 2 heterocycles.